The van der Waals surface area contributed by atoms with Crippen molar-refractivity contribution >= 4 is 23.5 Å². The van der Waals surface area contributed by atoms with Crippen molar-refractivity contribution in [1.29, 1.82) is 0 Å². The lowest BCUT2D eigenvalue weighted by Crippen LogP contribution is -2.60. The van der Waals surface area contributed by atoms with Gasteiger partial charge >= 0.3 is 0 Å². The smallest absolute Gasteiger partial charge is 0.249 e. The topological polar surface area (TPSA) is 196 Å². The van der Waals surface area contributed by atoms with Gasteiger partial charge in [-0.1, -0.05) is 82.1 Å². The number of methoxy groups -OCH3 is 1. The molecule has 59 heavy (non-hydrogen) atoms. The van der Waals surface area contributed by atoms with Crippen molar-refractivity contribution < 1.29 is 49.1 Å². The predicted octanol–water partition coefficient (Wildman–Crippen LogP) is 5.43. The fourth-order valence-corrected chi connectivity index (χ4v) is 9.22. The highest BCUT2D eigenvalue weighted by Gasteiger charge is 2.42. The summed E-state index contributed by atoms with van der Waals surface area (Å²) in [7, 11) is 4.67. The number of rotatable bonds is 18. The SMILES string of the molecule is CCCC1(C)CC(C)(C)c2cc(O)n(c2O)CC(OCC(=O)N(C)C(C(=O)NC(C(=O)N(C)C(C(C)CC)C(CC(C)=O)OC)C(C)C)C(C)C)Cn2c(O)cc1c2O. The van der Waals surface area contributed by atoms with E-state index in [1.807, 2.05) is 55.4 Å². The van der Waals surface area contributed by atoms with Crippen molar-refractivity contribution in [2.45, 2.75) is 163 Å². The molecule has 7 unspecified atom stereocenters. The van der Waals surface area contributed by atoms with Crippen LogP contribution in [0.2, 0.25) is 0 Å². The standard InChI is InChI=1S/C44H73N5O10/c1-15-17-44(11)24-43(9,10)30-19-33(51)48(40(30)55)21-29(22-49-34(52)20-31(44)41(49)56)59-23-35(53)46(12)37(26(5)6)39(54)45-36(25(3)4)42(57)47(13)38(27(7)16-2)32(58-14)18-28(8)50/h19-20,25-27,29,32,36-38,51-52,55-56H,15-18,21-24H2,1-14H3,(H,45,54). The molecule has 334 valence electrons. The molecule has 4 bridgehead atoms. The molecule has 1 aliphatic rings. The maximum Gasteiger partial charge on any atom is 0.249 e. The average molecular weight is 832 g/mol. The number of aromatic hydroxyl groups is 4. The fourth-order valence-electron chi connectivity index (χ4n) is 9.22. The lowest BCUT2D eigenvalue weighted by atomic mass is 9.66. The van der Waals surface area contributed by atoms with E-state index < -0.39 is 59.6 Å². The maximum atomic E-state index is 14.2. The predicted molar refractivity (Wildman–Crippen MR) is 225 cm³/mol. The summed E-state index contributed by atoms with van der Waals surface area (Å²) in [5.74, 6) is -2.90. The van der Waals surface area contributed by atoms with Crippen molar-refractivity contribution in [1.82, 2.24) is 24.3 Å². The number of nitrogens with zero attached hydrogens (tertiary/aromatic N) is 4. The zero-order valence-corrected chi connectivity index (χ0v) is 38.0. The van der Waals surface area contributed by atoms with Crippen LogP contribution >= 0.6 is 0 Å². The number of hydrogen-bond acceptors (Lipinski definition) is 10. The highest BCUT2D eigenvalue weighted by molar-refractivity contribution is 5.92. The lowest BCUT2D eigenvalue weighted by molar-refractivity contribution is -0.148. The third-order valence-electron chi connectivity index (χ3n) is 12.5. The molecule has 0 aromatic carbocycles. The van der Waals surface area contributed by atoms with E-state index in [-0.39, 0.29) is 72.5 Å². The molecule has 3 heterocycles. The summed E-state index contributed by atoms with van der Waals surface area (Å²) in [5.41, 5.74) is -0.241. The summed E-state index contributed by atoms with van der Waals surface area (Å²) in [6, 6.07) is 0.694. The molecule has 0 spiro atoms. The van der Waals surface area contributed by atoms with Crippen molar-refractivity contribution in [2.24, 2.45) is 17.8 Å². The average Bonchev–Trinajstić information content (AvgIpc) is 3.60. The first-order chi connectivity index (χ1) is 27.4. The van der Waals surface area contributed by atoms with E-state index in [0.29, 0.717) is 24.0 Å². The molecule has 3 rings (SSSR count). The van der Waals surface area contributed by atoms with Crippen LogP contribution in [0.5, 0.6) is 23.5 Å². The van der Waals surface area contributed by atoms with E-state index in [9.17, 15) is 39.6 Å². The summed E-state index contributed by atoms with van der Waals surface area (Å²) in [5, 5.41) is 48.2. The third-order valence-corrected chi connectivity index (χ3v) is 12.5. The largest absolute Gasteiger partial charge is 0.494 e. The Kier molecular flexibility index (Phi) is 16.6. The van der Waals surface area contributed by atoms with Gasteiger partial charge in [0.2, 0.25) is 17.7 Å². The Morgan fingerprint density at radius 3 is 1.90 bits per heavy atom. The maximum absolute atomic E-state index is 14.2. The van der Waals surface area contributed by atoms with Crippen molar-refractivity contribution in [2.75, 3.05) is 27.8 Å². The molecule has 0 saturated heterocycles. The second-order valence-electron chi connectivity index (χ2n) is 18.4. The number of aromatic nitrogens is 2. The van der Waals surface area contributed by atoms with E-state index in [1.54, 1.807) is 31.9 Å². The zero-order valence-electron chi connectivity index (χ0n) is 38.0. The quantitative estimate of drug-likeness (QED) is 0.129. The van der Waals surface area contributed by atoms with Gasteiger partial charge in [-0.15, -0.1) is 0 Å². The van der Waals surface area contributed by atoms with Gasteiger partial charge in [-0.25, -0.2) is 0 Å². The Morgan fingerprint density at radius 2 is 1.42 bits per heavy atom. The van der Waals surface area contributed by atoms with Gasteiger partial charge in [0.05, 0.1) is 31.3 Å². The van der Waals surface area contributed by atoms with Gasteiger partial charge in [0, 0.05) is 50.9 Å². The highest BCUT2D eigenvalue weighted by atomic mass is 16.5. The third kappa shape index (κ3) is 10.9. The number of nitrogens with one attached hydrogen (secondary N) is 1. The van der Waals surface area contributed by atoms with Crippen molar-refractivity contribution in [3.63, 3.8) is 0 Å². The van der Waals surface area contributed by atoms with E-state index in [1.165, 1.54) is 41.2 Å². The Hall–Kier alpha value is -4.24. The number of hydrogen-bond donors (Lipinski definition) is 5. The first-order valence-corrected chi connectivity index (χ1v) is 21.1. The van der Waals surface area contributed by atoms with Gasteiger partial charge in [-0.05, 0) is 48.3 Å². The minimum atomic E-state index is -1.00. The minimum Gasteiger partial charge on any atom is -0.494 e. The molecule has 1 aliphatic heterocycles. The molecule has 0 saturated carbocycles. The number of amides is 3. The monoisotopic (exact) mass is 832 g/mol. The normalized spacial score (nSPS) is 20.5. The number of Topliss-reactive ketones (excluding diaryl/α,β-unsaturated/α-hetero) is 1. The summed E-state index contributed by atoms with van der Waals surface area (Å²) >= 11 is 0. The van der Waals surface area contributed by atoms with Crippen LogP contribution in [0.3, 0.4) is 0 Å². The molecule has 15 nitrogen and oxygen atoms in total. The van der Waals surface area contributed by atoms with E-state index in [2.05, 4.69) is 5.32 Å². The van der Waals surface area contributed by atoms with Crippen LogP contribution in [-0.4, -0.2) is 121 Å². The van der Waals surface area contributed by atoms with Gasteiger partial charge in [-0.2, -0.15) is 0 Å². The number of ether oxygens (including phenoxy) is 2. The summed E-state index contributed by atoms with van der Waals surface area (Å²) < 4.78 is 14.5. The van der Waals surface area contributed by atoms with Crippen LogP contribution in [0.4, 0.5) is 0 Å². The molecular formula is C44H73N5O10. The molecule has 0 aliphatic carbocycles. The van der Waals surface area contributed by atoms with Crippen molar-refractivity contribution in [3.8, 4) is 23.5 Å². The van der Waals surface area contributed by atoms with Crippen LogP contribution in [0.1, 0.15) is 119 Å². The van der Waals surface area contributed by atoms with Crippen LogP contribution in [0, 0.1) is 17.8 Å². The van der Waals surface area contributed by atoms with Crippen LogP contribution < -0.4 is 5.32 Å². The molecule has 7 atom stereocenters. The Morgan fingerprint density at radius 1 is 0.881 bits per heavy atom. The van der Waals surface area contributed by atoms with Gasteiger partial charge < -0.3 is 45.0 Å². The molecular weight excluding hydrogens is 759 g/mol. The molecule has 3 amide bonds. The summed E-state index contributed by atoms with van der Waals surface area (Å²) in [4.78, 5) is 57.2. The molecule has 15 heteroatoms. The molecule has 0 fully saturated rings. The second kappa shape index (κ2) is 19.9. The van der Waals surface area contributed by atoms with Gasteiger partial charge in [0.1, 0.15) is 24.5 Å². The van der Waals surface area contributed by atoms with Gasteiger partial charge in [0.15, 0.2) is 23.5 Å². The second-order valence-corrected chi connectivity index (χ2v) is 18.4. The van der Waals surface area contributed by atoms with Crippen molar-refractivity contribution in [3.05, 3.63) is 23.3 Å². The highest BCUT2D eigenvalue weighted by Crippen LogP contribution is 2.50. The number of fused-ring (bicyclic) bond motifs is 4. The first-order valence-electron chi connectivity index (χ1n) is 21.1. The summed E-state index contributed by atoms with van der Waals surface area (Å²) in [6.45, 7) is 19.9. The summed E-state index contributed by atoms with van der Waals surface area (Å²) in [6.07, 6.45) is 1.29. The van der Waals surface area contributed by atoms with Crippen LogP contribution in [-0.2, 0) is 52.6 Å². The number of ketones is 1. The Balaban J connectivity index is 1.92. The van der Waals surface area contributed by atoms with Crippen LogP contribution in [0.15, 0.2) is 12.1 Å². The zero-order chi connectivity index (χ0) is 44.9. The number of likely N-dealkylation sites (N-methyl/N-ethyl adjacent to an activating group) is 2. The number of carbonyl (C=O) groups is 4. The fraction of sp³-hybridized carbons (Fsp3) is 0.727. The Labute approximate surface area is 351 Å². The molecule has 2 aromatic heterocycles. The number of carbonyl (C=O) groups excluding carboxylic acids is 4. The molecule has 5 N–H and O–H groups in total. The Bertz CT molecular complexity index is 1780. The molecule has 2 aromatic rings. The van der Waals surface area contributed by atoms with E-state index in [0.717, 1.165) is 12.8 Å². The lowest BCUT2D eigenvalue weighted by Gasteiger charge is -2.40. The first kappa shape index (κ1) is 49.1. The minimum absolute atomic E-state index is 0.0161. The van der Waals surface area contributed by atoms with E-state index >= 15 is 0 Å². The van der Waals surface area contributed by atoms with E-state index in [4.69, 9.17) is 9.47 Å². The van der Waals surface area contributed by atoms with Gasteiger partial charge in [0.25, 0.3) is 0 Å². The van der Waals surface area contributed by atoms with Crippen LogP contribution in [0.25, 0.3) is 0 Å². The molecule has 0 radical (unpaired) electrons. The van der Waals surface area contributed by atoms with Gasteiger partial charge in [-0.3, -0.25) is 28.3 Å².